The van der Waals surface area contributed by atoms with E-state index in [-0.39, 0.29) is 5.88 Å². The fourth-order valence-corrected chi connectivity index (χ4v) is 4.44. The highest BCUT2D eigenvalue weighted by molar-refractivity contribution is 9.10. The van der Waals surface area contributed by atoms with Crippen molar-refractivity contribution in [3.05, 3.63) is 99.3 Å². The molecule has 1 aliphatic heterocycles. The fraction of sp³-hybridized carbons (Fsp3) is 0.214. The van der Waals surface area contributed by atoms with E-state index in [9.17, 15) is 10.1 Å². The van der Waals surface area contributed by atoms with Crippen LogP contribution in [0.3, 0.4) is 0 Å². The Hall–Kier alpha value is -3.76. The molecular weight excluding hydrogens is 508 g/mol. The number of para-hydroxylation sites is 1. The monoisotopic (exact) mass is 532 g/mol. The lowest BCUT2D eigenvalue weighted by Gasteiger charge is -2.28. The van der Waals surface area contributed by atoms with Gasteiger partial charge < -0.3 is 19.9 Å². The van der Waals surface area contributed by atoms with Crippen molar-refractivity contribution in [3.8, 4) is 23.3 Å². The van der Waals surface area contributed by atoms with E-state index in [0.29, 0.717) is 39.5 Å². The number of nitriles is 1. The molecule has 3 aromatic carbocycles. The average Bonchev–Trinajstić information content (AvgIpc) is 2.86. The third kappa shape index (κ3) is 5.33. The van der Waals surface area contributed by atoms with Crippen LogP contribution >= 0.6 is 15.9 Å². The van der Waals surface area contributed by atoms with Crippen LogP contribution in [-0.4, -0.2) is 12.6 Å². The quantitative estimate of drug-likeness (QED) is 0.203. The normalized spacial score (nSPS) is 14.5. The van der Waals surface area contributed by atoms with Crippen molar-refractivity contribution >= 4 is 21.9 Å². The van der Waals surface area contributed by atoms with Gasteiger partial charge in [0.1, 0.15) is 28.9 Å². The Morgan fingerprint density at radius 1 is 1.09 bits per heavy atom. The van der Waals surface area contributed by atoms with Crippen molar-refractivity contribution in [2.75, 3.05) is 6.61 Å². The first kappa shape index (κ1) is 24.4. The van der Waals surface area contributed by atoms with Gasteiger partial charge in [-0.1, -0.05) is 56.2 Å². The number of ether oxygens (including phenoxy) is 3. The molecule has 178 valence electrons. The molecule has 0 aliphatic carbocycles. The Bertz CT molecular complexity index is 1310. The Morgan fingerprint density at radius 2 is 1.86 bits per heavy atom. The number of rotatable bonds is 8. The summed E-state index contributed by atoms with van der Waals surface area (Å²) in [5, 5.41) is 9.90. The first-order valence-electron chi connectivity index (χ1n) is 11.4. The summed E-state index contributed by atoms with van der Waals surface area (Å²) in [7, 11) is 0. The Morgan fingerprint density at radius 3 is 2.63 bits per heavy atom. The summed E-state index contributed by atoms with van der Waals surface area (Å²) < 4.78 is 18.1. The van der Waals surface area contributed by atoms with Crippen LogP contribution in [0.5, 0.6) is 17.2 Å². The zero-order valence-electron chi connectivity index (χ0n) is 19.3. The number of halogens is 1. The van der Waals surface area contributed by atoms with Gasteiger partial charge in [-0.25, -0.2) is 4.79 Å². The summed E-state index contributed by atoms with van der Waals surface area (Å²) in [6.45, 7) is 2.73. The molecular formula is C28H25BrN2O4. The number of unbranched alkanes of at least 4 members (excludes halogenated alkanes) is 2. The van der Waals surface area contributed by atoms with E-state index >= 15 is 0 Å². The molecule has 6 nitrogen and oxygen atoms in total. The second-order valence-electron chi connectivity index (χ2n) is 8.09. The minimum atomic E-state index is -0.503. The van der Waals surface area contributed by atoms with Crippen LogP contribution in [-0.2, 0) is 0 Å². The van der Waals surface area contributed by atoms with E-state index in [1.807, 2.05) is 30.3 Å². The highest BCUT2D eigenvalue weighted by Gasteiger charge is 2.33. The number of carbonyl (C=O) groups is 1. The van der Waals surface area contributed by atoms with Crippen molar-refractivity contribution in [2.45, 2.75) is 32.1 Å². The fourth-order valence-electron chi connectivity index (χ4n) is 3.99. The number of hydrogen-bond donors (Lipinski definition) is 1. The van der Waals surface area contributed by atoms with Crippen molar-refractivity contribution < 1.29 is 19.0 Å². The molecule has 4 rings (SSSR count). The van der Waals surface area contributed by atoms with Crippen LogP contribution in [0.4, 0.5) is 0 Å². The molecule has 7 heteroatoms. The molecule has 0 saturated carbocycles. The standard InChI is InChI=1S/C28H25BrN2O4/c1-2-3-8-15-33-24-12-7-5-10-20(24)26-21-14-13-18(16-25(21)35-27(31)22(26)17-30)34-28(32)19-9-4-6-11-23(19)29/h4-7,9-14,16,26H,2-3,8,15,31H2,1H3. The van der Waals surface area contributed by atoms with Gasteiger partial charge in [-0.15, -0.1) is 0 Å². The van der Waals surface area contributed by atoms with E-state index in [2.05, 4.69) is 28.9 Å². The summed E-state index contributed by atoms with van der Waals surface area (Å²) >= 11 is 3.37. The largest absolute Gasteiger partial charge is 0.493 e. The molecule has 0 amide bonds. The maximum atomic E-state index is 12.7. The summed E-state index contributed by atoms with van der Waals surface area (Å²) in [5.74, 6) is 0.466. The second kappa shape index (κ2) is 11.1. The Balaban J connectivity index is 1.67. The molecule has 0 aromatic heterocycles. The summed E-state index contributed by atoms with van der Waals surface area (Å²) in [6.07, 6.45) is 3.13. The van der Waals surface area contributed by atoms with E-state index in [0.717, 1.165) is 30.4 Å². The van der Waals surface area contributed by atoms with Crippen LogP contribution in [0.15, 0.2) is 82.7 Å². The lowest BCUT2D eigenvalue weighted by Crippen LogP contribution is -2.21. The number of hydrogen-bond acceptors (Lipinski definition) is 6. The highest BCUT2D eigenvalue weighted by Crippen LogP contribution is 2.46. The number of nitrogens with two attached hydrogens (primary N) is 1. The van der Waals surface area contributed by atoms with Crippen LogP contribution in [0, 0.1) is 11.3 Å². The maximum Gasteiger partial charge on any atom is 0.344 e. The SMILES string of the molecule is CCCCCOc1ccccc1C1C(C#N)=C(N)Oc2cc(OC(=O)c3ccccc3Br)ccc21. The first-order valence-corrected chi connectivity index (χ1v) is 12.2. The van der Waals surface area contributed by atoms with Crippen LogP contribution < -0.4 is 19.9 Å². The van der Waals surface area contributed by atoms with Crippen LogP contribution in [0.1, 0.15) is 53.6 Å². The zero-order valence-corrected chi connectivity index (χ0v) is 20.9. The molecule has 1 aliphatic rings. The average molecular weight is 533 g/mol. The van der Waals surface area contributed by atoms with Gasteiger partial charge in [0.25, 0.3) is 0 Å². The van der Waals surface area contributed by atoms with Crippen molar-refractivity contribution in [1.82, 2.24) is 0 Å². The molecule has 2 N–H and O–H groups in total. The van der Waals surface area contributed by atoms with E-state index in [1.54, 1.807) is 36.4 Å². The molecule has 0 bridgehead atoms. The number of allylic oxidation sites excluding steroid dienone is 1. The van der Waals surface area contributed by atoms with Gasteiger partial charge in [-0.05, 0) is 46.6 Å². The molecule has 0 saturated heterocycles. The van der Waals surface area contributed by atoms with Crippen molar-refractivity contribution in [2.24, 2.45) is 5.73 Å². The maximum absolute atomic E-state index is 12.7. The molecule has 1 heterocycles. The molecule has 1 unspecified atom stereocenters. The van der Waals surface area contributed by atoms with Gasteiger partial charge in [0.15, 0.2) is 0 Å². The third-order valence-corrected chi connectivity index (χ3v) is 6.42. The van der Waals surface area contributed by atoms with Crippen LogP contribution in [0.2, 0.25) is 0 Å². The van der Waals surface area contributed by atoms with Crippen LogP contribution in [0.25, 0.3) is 0 Å². The summed E-state index contributed by atoms with van der Waals surface area (Å²) in [4.78, 5) is 12.7. The Kier molecular flexibility index (Phi) is 7.74. The van der Waals surface area contributed by atoms with Gasteiger partial charge in [-0.2, -0.15) is 5.26 Å². The number of benzene rings is 3. The number of carbonyl (C=O) groups excluding carboxylic acids is 1. The lowest BCUT2D eigenvalue weighted by atomic mass is 9.83. The number of fused-ring (bicyclic) bond motifs is 1. The minimum absolute atomic E-state index is 0.0140. The predicted molar refractivity (Wildman–Crippen MR) is 136 cm³/mol. The topological polar surface area (TPSA) is 94.6 Å². The highest BCUT2D eigenvalue weighted by atomic mass is 79.9. The molecule has 35 heavy (non-hydrogen) atoms. The number of nitrogens with zero attached hydrogens (tertiary/aromatic N) is 1. The second-order valence-corrected chi connectivity index (χ2v) is 8.94. The van der Waals surface area contributed by atoms with Gasteiger partial charge in [0.05, 0.1) is 18.1 Å². The summed E-state index contributed by atoms with van der Waals surface area (Å²) in [5.41, 5.74) is 8.44. The van der Waals surface area contributed by atoms with E-state index in [4.69, 9.17) is 19.9 Å². The molecule has 0 spiro atoms. The minimum Gasteiger partial charge on any atom is -0.493 e. The predicted octanol–water partition coefficient (Wildman–Crippen LogP) is 6.46. The van der Waals surface area contributed by atoms with Gasteiger partial charge in [-0.3, -0.25) is 0 Å². The summed E-state index contributed by atoms with van der Waals surface area (Å²) in [6, 6.07) is 22.0. The van der Waals surface area contributed by atoms with Crippen molar-refractivity contribution in [3.63, 3.8) is 0 Å². The van der Waals surface area contributed by atoms with E-state index < -0.39 is 11.9 Å². The Labute approximate surface area is 213 Å². The molecule has 0 radical (unpaired) electrons. The van der Waals surface area contributed by atoms with Gasteiger partial charge in [0, 0.05) is 21.7 Å². The lowest BCUT2D eigenvalue weighted by molar-refractivity contribution is 0.0733. The molecule has 3 aromatic rings. The van der Waals surface area contributed by atoms with Gasteiger partial charge in [0.2, 0.25) is 5.88 Å². The third-order valence-electron chi connectivity index (χ3n) is 5.73. The van der Waals surface area contributed by atoms with Crippen molar-refractivity contribution in [1.29, 1.82) is 5.26 Å². The first-order chi connectivity index (χ1) is 17.0. The van der Waals surface area contributed by atoms with Gasteiger partial charge >= 0.3 is 5.97 Å². The number of esters is 1. The smallest absolute Gasteiger partial charge is 0.344 e. The van der Waals surface area contributed by atoms with E-state index in [1.165, 1.54) is 0 Å². The molecule has 1 atom stereocenters. The zero-order chi connectivity index (χ0) is 24.8. The molecule has 0 fully saturated rings.